The van der Waals surface area contributed by atoms with Crippen LogP contribution in [0.25, 0.3) is 83.6 Å². The Labute approximate surface area is 310 Å². The first-order valence-corrected chi connectivity index (χ1v) is 15.7. The number of aryl methyl sites for hydroxylation is 2. The molecule has 6 aromatic carbocycles. The fraction of sp³-hybridized carbons (Fsp3) is 0.0455. The number of pyridine rings is 1. The quantitative estimate of drug-likeness (QED) is 0.163. The third-order valence-electron chi connectivity index (χ3n) is 8.85. The average molecular weight is 832 g/mol. The molecule has 1 radical (unpaired) electrons. The first-order chi connectivity index (χ1) is 26.5. The number of halogens is 1. The van der Waals surface area contributed by atoms with Crippen LogP contribution in [0, 0.1) is 31.7 Å². The first kappa shape index (κ1) is 25.3. The largest absolute Gasteiger partial charge is 0.501 e. The van der Waals surface area contributed by atoms with E-state index in [1.165, 1.54) is 40.5 Å². The van der Waals surface area contributed by atoms with Gasteiger partial charge in [0, 0.05) is 62.5 Å². The maximum Gasteiger partial charge on any atom is 0.120 e. The van der Waals surface area contributed by atoms with Gasteiger partial charge in [-0.25, -0.2) is 0 Å². The molecule has 0 aliphatic carbocycles. The Morgan fingerprint density at radius 2 is 1.50 bits per heavy atom. The van der Waals surface area contributed by atoms with Crippen molar-refractivity contribution in [1.82, 2.24) is 14.5 Å². The molecular formula is C44H28FIrN3O-2. The molecule has 0 bridgehead atoms. The molecule has 6 heteroatoms. The van der Waals surface area contributed by atoms with Crippen molar-refractivity contribution in [1.29, 1.82) is 0 Å². The predicted octanol–water partition coefficient (Wildman–Crippen LogP) is 11.3. The van der Waals surface area contributed by atoms with Crippen LogP contribution in [0.2, 0.25) is 0 Å². The Morgan fingerprint density at radius 3 is 2.32 bits per heavy atom. The molecule has 0 fully saturated rings. The van der Waals surface area contributed by atoms with Crippen LogP contribution in [0.4, 0.5) is 4.39 Å². The van der Waals surface area contributed by atoms with Crippen molar-refractivity contribution in [2.75, 3.05) is 0 Å². The minimum atomic E-state index is -2.58. The van der Waals surface area contributed by atoms with E-state index in [-0.39, 0.29) is 36.9 Å². The van der Waals surface area contributed by atoms with Gasteiger partial charge in [-0.2, -0.15) is 0 Å². The summed E-state index contributed by atoms with van der Waals surface area (Å²) in [4.78, 5) is 9.12. The number of nitrogens with zero attached hydrogens (tertiary/aromatic N) is 3. The van der Waals surface area contributed by atoms with Gasteiger partial charge in [0.25, 0.3) is 0 Å². The number of rotatable bonds is 2. The molecule has 0 saturated carbocycles. The molecule has 243 valence electrons. The monoisotopic (exact) mass is 832 g/mol. The SMILES string of the molecule is [2H]C([2H])([2H])c1cnc(-c2[c-]cc(F)cc2)cc1C([2H])([2H])[2H].[Ir].[c-]1ccc2c(oc3ccccc32)c1-c1nc2cccc3c2n1-c1ccccc1-c1ccccc1-3. The molecule has 0 amide bonds. The average Bonchev–Trinajstić information content (AvgIpc) is 3.73. The molecule has 0 atom stereocenters. The van der Waals surface area contributed by atoms with Gasteiger partial charge in [0.1, 0.15) is 5.58 Å². The van der Waals surface area contributed by atoms with Gasteiger partial charge >= 0.3 is 0 Å². The number of hydrogen-bond donors (Lipinski definition) is 0. The van der Waals surface area contributed by atoms with Gasteiger partial charge in [-0.15, -0.1) is 48.0 Å². The molecule has 4 nitrogen and oxygen atoms in total. The summed E-state index contributed by atoms with van der Waals surface area (Å²) in [7, 11) is 0. The Kier molecular flexibility index (Phi) is 6.40. The van der Waals surface area contributed by atoms with Crippen molar-refractivity contribution in [3.63, 3.8) is 0 Å². The minimum absolute atomic E-state index is 0. The van der Waals surface area contributed by atoms with Crippen molar-refractivity contribution in [3.05, 3.63) is 163 Å². The van der Waals surface area contributed by atoms with Gasteiger partial charge < -0.3 is 14.0 Å². The van der Waals surface area contributed by atoms with Crippen molar-refractivity contribution >= 4 is 33.0 Å². The zero-order valence-corrected chi connectivity index (χ0v) is 28.6. The van der Waals surface area contributed by atoms with Crippen molar-refractivity contribution < 1.29 is 37.1 Å². The van der Waals surface area contributed by atoms with Gasteiger partial charge in [-0.1, -0.05) is 95.4 Å². The molecule has 4 heterocycles. The molecule has 50 heavy (non-hydrogen) atoms. The van der Waals surface area contributed by atoms with E-state index >= 15 is 0 Å². The van der Waals surface area contributed by atoms with Crippen LogP contribution in [-0.4, -0.2) is 14.5 Å². The molecule has 10 rings (SSSR count). The predicted molar refractivity (Wildman–Crippen MR) is 195 cm³/mol. The number of fused-ring (bicyclic) bond motifs is 8. The Balaban J connectivity index is 0.000000174. The summed E-state index contributed by atoms with van der Waals surface area (Å²) in [5.41, 5.74) is 10.6. The number of aromatic nitrogens is 3. The summed E-state index contributed by atoms with van der Waals surface area (Å²) in [5.74, 6) is 0.362. The number of imidazole rings is 1. The maximum absolute atomic E-state index is 12.9. The van der Waals surface area contributed by atoms with E-state index in [1.807, 2.05) is 24.3 Å². The second-order valence-electron chi connectivity index (χ2n) is 11.7. The molecule has 3 aromatic heterocycles. The Morgan fingerprint density at radius 1 is 0.740 bits per heavy atom. The normalized spacial score (nSPS) is 13.6. The third-order valence-corrected chi connectivity index (χ3v) is 8.85. The fourth-order valence-corrected chi connectivity index (χ4v) is 6.62. The summed E-state index contributed by atoms with van der Waals surface area (Å²) in [6.07, 6.45) is 1.03. The van der Waals surface area contributed by atoms with Crippen LogP contribution >= 0.6 is 0 Å². The smallest absolute Gasteiger partial charge is 0.120 e. The van der Waals surface area contributed by atoms with Gasteiger partial charge in [0.2, 0.25) is 0 Å². The molecule has 0 spiro atoms. The molecule has 0 unspecified atom stereocenters. The second-order valence-corrected chi connectivity index (χ2v) is 11.7. The number of furan rings is 1. The summed E-state index contributed by atoms with van der Waals surface area (Å²) >= 11 is 0. The Bertz CT molecular complexity index is 2930. The van der Waals surface area contributed by atoms with Gasteiger partial charge in [-0.3, -0.25) is 9.37 Å². The van der Waals surface area contributed by atoms with Gasteiger partial charge in [0.15, 0.2) is 0 Å². The van der Waals surface area contributed by atoms with Gasteiger partial charge in [0.05, 0.1) is 22.4 Å². The van der Waals surface area contributed by atoms with E-state index in [9.17, 15) is 4.39 Å². The van der Waals surface area contributed by atoms with Crippen molar-refractivity contribution in [2.45, 2.75) is 13.7 Å². The molecule has 9 aromatic rings. The number of hydrogen-bond acceptors (Lipinski definition) is 3. The summed E-state index contributed by atoms with van der Waals surface area (Å²) in [6, 6.07) is 46.8. The third kappa shape index (κ3) is 5.16. The molecule has 0 N–H and O–H groups in total. The Hall–Kier alpha value is -5.68. The van der Waals surface area contributed by atoms with E-state index < -0.39 is 19.5 Å². The molecule has 0 saturated heterocycles. The molecule has 1 aliphatic heterocycles. The zero-order chi connectivity index (χ0) is 38.1. The molecule has 1 aliphatic rings. The van der Waals surface area contributed by atoms with E-state index in [0.717, 1.165) is 62.3 Å². The standard InChI is InChI=1S/C31H17N2O.C13H11FN.Ir/c1-2-10-20-19(9-1)21-11-3-5-17-27(21)33-29-23(20)13-8-16-26(29)32-31(33)25-15-7-14-24-22-12-4-6-18-28(22)34-30(24)25;1-9-7-13(15-8-10(9)2)11-3-5-12(14)6-4-11;/h1-14,16-18H;3,5-8H,1-2H3;/q2*-1;/i;1D3,2D3;. The second kappa shape index (κ2) is 12.6. The maximum atomic E-state index is 12.9. The van der Waals surface area contributed by atoms with E-state index in [0.29, 0.717) is 5.56 Å². The van der Waals surface area contributed by atoms with Crippen LogP contribution in [0.1, 0.15) is 19.4 Å². The summed E-state index contributed by atoms with van der Waals surface area (Å²) in [5, 5.41) is 2.18. The first-order valence-electron chi connectivity index (χ1n) is 18.7. The van der Waals surface area contributed by atoms with Crippen LogP contribution in [0.3, 0.4) is 0 Å². The summed E-state index contributed by atoms with van der Waals surface area (Å²) in [6.45, 7) is -5.15. The van der Waals surface area contributed by atoms with Crippen LogP contribution in [0.15, 0.2) is 138 Å². The summed E-state index contributed by atoms with van der Waals surface area (Å²) < 4.78 is 66.1. The van der Waals surface area contributed by atoms with E-state index in [1.54, 1.807) is 0 Å². The zero-order valence-electron chi connectivity index (χ0n) is 32.2. The van der Waals surface area contributed by atoms with Gasteiger partial charge in [-0.05, 0) is 54.3 Å². The van der Waals surface area contributed by atoms with E-state index in [2.05, 4.69) is 101 Å². The van der Waals surface area contributed by atoms with Crippen molar-refractivity contribution in [3.8, 4) is 50.6 Å². The van der Waals surface area contributed by atoms with Crippen LogP contribution < -0.4 is 0 Å². The number of benzene rings is 6. The topological polar surface area (TPSA) is 43.9 Å². The fourth-order valence-electron chi connectivity index (χ4n) is 6.62. The minimum Gasteiger partial charge on any atom is -0.501 e. The molecular weight excluding hydrogens is 798 g/mol. The number of para-hydroxylation sites is 3. The van der Waals surface area contributed by atoms with E-state index in [4.69, 9.17) is 17.6 Å². The van der Waals surface area contributed by atoms with Crippen LogP contribution in [-0.2, 0) is 20.1 Å². The van der Waals surface area contributed by atoms with Crippen LogP contribution in [0.5, 0.6) is 0 Å². The van der Waals surface area contributed by atoms with Crippen molar-refractivity contribution in [2.24, 2.45) is 0 Å².